The molecule has 2 aromatic heterocycles. The van der Waals surface area contributed by atoms with Crippen molar-refractivity contribution in [2.24, 2.45) is 11.1 Å². The first-order chi connectivity index (χ1) is 8.22. The molecule has 0 spiro atoms. The molecule has 0 bridgehead atoms. The largest absolute Gasteiger partial charge is 0.369 e. The van der Waals surface area contributed by atoms with Crippen molar-refractivity contribution in [2.45, 2.75) is 12.8 Å². The minimum absolute atomic E-state index is 0.249. The van der Waals surface area contributed by atoms with Crippen molar-refractivity contribution in [2.75, 3.05) is 18.4 Å². The van der Waals surface area contributed by atoms with Crippen molar-refractivity contribution in [3.63, 3.8) is 0 Å². The quantitative estimate of drug-likeness (QED) is 0.666. The molecule has 1 aliphatic rings. The molecule has 0 unspecified atom stereocenters. The topological polar surface area (TPSA) is 101 Å². The maximum absolute atomic E-state index is 11.2. The third-order valence-corrected chi connectivity index (χ3v) is 3.34. The molecule has 0 atom stereocenters. The van der Waals surface area contributed by atoms with Crippen molar-refractivity contribution in [3.8, 4) is 0 Å². The fourth-order valence-electron chi connectivity index (χ4n) is 1.81. The number of rotatable bonds is 4. The van der Waals surface area contributed by atoms with Gasteiger partial charge in [0.05, 0.1) is 0 Å². The molecule has 1 aliphatic carbocycles. The molecule has 3 rings (SSSR count). The zero-order chi connectivity index (χ0) is 11.9. The first-order valence-electron chi connectivity index (χ1n) is 5.59. The van der Waals surface area contributed by atoms with Gasteiger partial charge in [0.25, 0.3) is 0 Å². The standard InChI is InChI=1S/C10H14N6O/c11-4-10(1-2-10)5-12-7-3-8-14-15-9(17)16(8)6-13-7/h3,6,12H,1-2,4-5,11H2,(H,15,17). The summed E-state index contributed by atoms with van der Waals surface area (Å²) >= 11 is 0. The van der Waals surface area contributed by atoms with Gasteiger partial charge in [-0.3, -0.25) is 0 Å². The molecule has 0 aromatic carbocycles. The van der Waals surface area contributed by atoms with E-state index in [1.54, 1.807) is 6.07 Å². The van der Waals surface area contributed by atoms with Gasteiger partial charge in [-0.05, 0) is 24.8 Å². The van der Waals surface area contributed by atoms with Gasteiger partial charge in [0.1, 0.15) is 12.1 Å². The van der Waals surface area contributed by atoms with Crippen LogP contribution < -0.4 is 16.7 Å². The molecule has 2 heterocycles. The van der Waals surface area contributed by atoms with E-state index in [1.807, 2.05) is 0 Å². The first kappa shape index (κ1) is 10.3. The Morgan fingerprint density at radius 1 is 1.59 bits per heavy atom. The molecule has 0 radical (unpaired) electrons. The average Bonchev–Trinajstić information content (AvgIpc) is 3.06. The van der Waals surface area contributed by atoms with E-state index < -0.39 is 0 Å². The summed E-state index contributed by atoms with van der Waals surface area (Å²) in [5, 5.41) is 9.49. The molecule has 90 valence electrons. The van der Waals surface area contributed by atoms with Crippen molar-refractivity contribution < 1.29 is 0 Å². The lowest BCUT2D eigenvalue weighted by atomic mass is 10.1. The Hall–Kier alpha value is -1.89. The van der Waals surface area contributed by atoms with E-state index in [-0.39, 0.29) is 11.1 Å². The normalized spacial score (nSPS) is 17.2. The molecule has 17 heavy (non-hydrogen) atoms. The van der Waals surface area contributed by atoms with Crippen LogP contribution in [0, 0.1) is 5.41 Å². The van der Waals surface area contributed by atoms with Crippen molar-refractivity contribution in [3.05, 3.63) is 22.9 Å². The predicted octanol–water partition coefficient (Wildman–Crippen LogP) is -0.432. The van der Waals surface area contributed by atoms with Crippen LogP contribution in [-0.4, -0.2) is 32.7 Å². The number of nitrogens with two attached hydrogens (primary N) is 1. The fourth-order valence-corrected chi connectivity index (χ4v) is 1.81. The summed E-state index contributed by atoms with van der Waals surface area (Å²) in [4.78, 5) is 15.4. The number of anilines is 1. The lowest BCUT2D eigenvalue weighted by Crippen LogP contribution is -2.24. The molecule has 0 amide bonds. The highest BCUT2D eigenvalue weighted by Crippen LogP contribution is 2.44. The molecule has 1 fully saturated rings. The van der Waals surface area contributed by atoms with Crippen molar-refractivity contribution in [1.82, 2.24) is 19.6 Å². The van der Waals surface area contributed by atoms with Crippen LogP contribution >= 0.6 is 0 Å². The van der Waals surface area contributed by atoms with Crippen LogP contribution in [0.2, 0.25) is 0 Å². The van der Waals surface area contributed by atoms with E-state index in [0.717, 1.165) is 12.4 Å². The molecule has 2 aromatic rings. The van der Waals surface area contributed by atoms with E-state index in [2.05, 4.69) is 20.5 Å². The predicted molar refractivity (Wildman–Crippen MR) is 62.8 cm³/mol. The molecule has 7 nitrogen and oxygen atoms in total. The highest BCUT2D eigenvalue weighted by Gasteiger charge is 2.40. The Balaban J connectivity index is 1.79. The van der Waals surface area contributed by atoms with Gasteiger partial charge in [-0.25, -0.2) is 19.3 Å². The van der Waals surface area contributed by atoms with Crippen LogP contribution in [0.4, 0.5) is 5.82 Å². The monoisotopic (exact) mass is 234 g/mol. The third-order valence-electron chi connectivity index (χ3n) is 3.34. The number of aromatic amines is 1. The number of nitrogens with zero attached hydrogens (tertiary/aromatic N) is 3. The number of nitrogens with one attached hydrogen (secondary N) is 2. The van der Waals surface area contributed by atoms with Crippen LogP contribution in [0.1, 0.15) is 12.8 Å². The number of H-pyrrole nitrogens is 1. The minimum atomic E-state index is -0.278. The molecular weight excluding hydrogens is 220 g/mol. The van der Waals surface area contributed by atoms with Gasteiger partial charge < -0.3 is 11.1 Å². The van der Waals surface area contributed by atoms with E-state index in [1.165, 1.54) is 23.6 Å². The molecule has 0 aliphatic heterocycles. The summed E-state index contributed by atoms with van der Waals surface area (Å²) in [5.41, 5.74) is 6.23. The highest BCUT2D eigenvalue weighted by atomic mass is 16.1. The SMILES string of the molecule is NCC1(CNc2cc3n[nH]c(=O)n3cn2)CC1. The summed E-state index contributed by atoms with van der Waals surface area (Å²) < 4.78 is 1.36. The maximum Gasteiger partial charge on any atom is 0.348 e. The number of aromatic nitrogens is 4. The Bertz CT molecular complexity index is 596. The van der Waals surface area contributed by atoms with E-state index >= 15 is 0 Å². The molecular formula is C10H14N6O. The van der Waals surface area contributed by atoms with Crippen LogP contribution in [-0.2, 0) is 0 Å². The van der Waals surface area contributed by atoms with Gasteiger partial charge in [-0.15, -0.1) is 0 Å². The van der Waals surface area contributed by atoms with E-state index in [4.69, 9.17) is 5.73 Å². The minimum Gasteiger partial charge on any atom is -0.369 e. The maximum atomic E-state index is 11.2. The van der Waals surface area contributed by atoms with E-state index in [0.29, 0.717) is 12.2 Å². The number of hydrogen-bond acceptors (Lipinski definition) is 5. The Kier molecular flexibility index (Phi) is 2.15. The van der Waals surface area contributed by atoms with Gasteiger partial charge >= 0.3 is 5.69 Å². The van der Waals surface area contributed by atoms with Gasteiger partial charge in [0, 0.05) is 12.6 Å². The van der Waals surface area contributed by atoms with Crippen molar-refractivity contribution in [1.29, 1.82) is 0 Å². The average molecular weight is 234 g/mol. The van der Waals surface area contributed by atoms with E-state index in [9.17, 15) is 4.79 Å². The second-order valence-corrected chi connectivity index (χ2v) is 4.59. The van der Waals surface area contributed by atoms with Crippen LogP contribution in [0.3, 0.4) is 0 Å². The Morgan fingerprint density at radius 3 is 3.12 bits per heavy atom. The van der Waals surface area contributed by atoms with Crippen molar-refractivity contribution >= 4 is 11.5 Å². The first-order valence-corrected chi connectivity index (χ1v) is 5.59. The van der Waals surface area contributed by atoms with Crippen LogP contribution in [0.25, 0.3) is 5.65 Å². The third kappa shape index (κ3) is 1.78. The smallest absolute Gasteiger partial charge is 0.348 e. The summed E-state index contributed by atoms with van der Waals surface area (Å²) in [6.07, 6.45) is 3.80. The lowest BCUT2D eigenvalue weighted by molar-refractivity contribution is 0.555. The lowest BCUT2D eigenvalue weighted by Gasteiger charge is -2.13. The molecule has 4 N–H and O–H groups in total. The fraction of sp³-hybridized carbons (Fsp3) is 0.500. The molecule has 1 saturated carbocycles. The highest BCUT2D eigenvalue weighted by molar-refractivity contribution is 5.48. The molecule has 0 saturated heterocycles. The number of hydrogen-bond donors (Lipinski definition) is 3. The second-order valence-electron chi connectivity index (χ2n) is 4.59. The van der Waals surface area contributed by atoms with Crippen LogP contribution in [0.15, 0.2) is 17.2 Å². The summed E-state index contributed by atoms with van der Waals surface area (Å²) in [7, 11) is 0. The number of fused-ring (bicyclic) bond motifs is 1. The second kappa shape index (κ2) is 3.56. The summed E-state index contributed by atoms with van der Waals surface area (Å²) in [5.74, 6) is 0.719. The van der Waals surface area contributed by atoms with Crippen LogP contribution in [0.5, 0.6) is 0 Å². The Morgan fingerprint density at radius 2 is 2.41 bits per heavy atom. The Labute approximate surface area is 97.0 Å². The summed E-state index contributed by atoms with van der Waals surface area (Å²) in [6.45, 7) is 1.52. The zero-order valence-electron chi connectivity index (χ0n) is 9.31. The van der Waals surface area contributed by atoms with Gasteiger partial charge in [0.15, 0.2) is 5.65 Å². The van der Waals surface area contributed by atoms with Gasteiger partial charge in [0.2, 0.25) is 0 Å². The summed E-state index contributed by atoms with van der Waals surface area (Å²) in [6, 6.07) is 1.74. The van der Waals surface area contributed by atoms with Gasteiger partial charge in [-0.2, -0.15) is 5.10 Å². The van der Waals surface area contributed by atoms with Gasteiger partial charge in [-0.1, -0.05) is 0 Å². The molecule has 7 heteroatoms. The zero-order valence-corrected chi connectivity index (χ0v) is 9.31.